The summed E-state index contributed by atoms with van der Waals surface area (Å²) in [5.41, 5.74) is 2.34. The standard InChI is InChI=1S/C21H31N7/c1-17-22-20(16-21(23-17)28-14-10-26(3)11-15-28)24-18-4-6-19(7-5-18)27-12-8-25(2)9-13-27/h4-7,16H,8-15H2,1-3H3,(H,22,23,24). The van der Waals surface area contributed by atoms with Crippen LogP contribution in [0.2, 0.25) is 0 Å². The van der Waals surface area contributed by atoms with Crippen LogP contribution in [0, 0.1) is 6.92 Å². The van der Waals surface area contributed by atoms with Crippen molar-refractivity contribution in [2.45, 2.75) is 6.92 Å². The summed E-state index contributed by atoms with van der Waals surface area (Å²) >= 11 is 0. The number of hydrogen-bond donors (Lipinski definition) is 1. The molecule has 150 valence electrons. The van der Waals surface area contributed by atoms with Gasteiger partial charge in [-0.15, -0.1) is 0 Å². The lowest BCUT2D eigenvalue weighted by Gasteiger charge is -2.34. The molecule has 28 heavy (non-hydrogen) atoms. The molecular formula is C21H31N7. The second-order valence-electron chi connectivity index (χ2n) is 7.91. The van der Waals surface area contributed by atoms with E-state index >= 15 is 0 Å². The number of aromatic nitrogens is 2. The quantitative estimate of drug-likeness (QED) is 0.870. The van der Waals surface area contributed by atoms with Crippen LogP contribution in [0.25, 0.3) is 0 Å². The van der Waals surface area contributed by atoms with Crippen LogP contribution in [0.5, 0.6) is 0 Å². The molecule has 2 fully saturated rings. The fourth-order valence-electron chi connectivity index (χ4n) is 3.78. The SMILES string of the molecule is Cc1nc(Nc2ccc(N3CCN(C)CC3)cc2)cc(N2CCN(C)CC2)n1. The van der Waals surface area contributed by atoms with Crippen LogP contribution < -0.4 is 15.1 Å². The molecule has 1 aromatic carbocycles. The molecule has 0 unspecified atom stereocenters. The first-order chi connectivity index (χ1) is 13.6. The van der Waals surface area contributed by atoms with E-state index in [0.717, 1.165) is 75.5 Å². The van der Waals surface area contributed by atoms with Crippen LogP contribution in [0.15, 0.2) is 30.3 Å². The van der Waals surface area contributed by atoms with E-state index in [2.05, 4.69) is 79.3 Å². The van der Waals surface area contributed by atoms with Gasteiger partial charge < -0.3 is 24.9 Å². The third kappa shape index (κ3) is 4.54. The summed E-state index contributed by atoms with van der Waals surface area (Å²) in [6, 6.07) is 10.7. The predicted molar refractivity (Wildman–Crippen MR) is 116 cm³/mol. The molecule has 4 rings (SSSR count). The van der Waals surface area contributed by atoms with Crippen molar-refractivity contribution in [1.82, 2.24) is 19.8 Å². The van der Waals surface area contributed by atoms with E-state index in [1.54, 1.807) is 0 Å². The van der Waals surface area contributed by atoms with Crippen LogP contribution in [0.3, 0.4) is 0 Å². The molecule has 0 atom stereocenters. The Kier molecular flexibility index (Phi) is 5.64. The number of anilines is 4. The second kappa shape index (κ2) is 8.32. The number of hydrogen-bond acceptors (Lipinski definition) is 7. The highest BCUT2D eigenvalue weighted by molar-refractivity contribution is 5.63. The highest BCUT2D eigenvalue weighted by Gasteiger charge is 2.17. The van der Waals surface area contributed by atoms with Gasteiger partial charge in [0.1, 0.15) is 17.5 Å². The van der Waals surface area contributed by atoms with Crippen molar-refractivity contribution in [3.05, 3.63) is 36.2 Å². The maximum absolute atomic E-state index is 4.65. The van der Waals surface area contributed by atoms with Crippen LogP contribution >= 0.6 is 0 Å². The van der Waals surface area contributed by atoms with E-state index in [1.807, 2.05) is 6.92 Å². The molecule has 0 spiro atoms. The van der Waals surface area contributed by atoms with Gasteiger partial charge in [0.25, 0.3) is 0 Å². The van der Waals surface area contributed by atoms with Gasteiger partial charge in [-0.25, -0.2) is 9.97 Å². The summed E-state index contributed by atoms with van der Waals surface area (Å²) < 4.78 is 0. The number of benzene rings is 1. The Morgan fingerprint density at radius 3 is 1.93 bits per heavy atom. The van der Waals surface area contributed by atoms with E-state index in [-0.39, 0.29) is 0 Å². The third-order valence-corrected chi connectivity index (χ3v) is 5.66. The second-order valence-corrected chi connectivity index (χ2v) is 7.91. The van der Waals surface area contributed by atoms with E-state index in [0.29, 0.717) is 0 Å². The summed E-state index contributed by atoms with van der Waals surface area (Å²) in [5.74, 6) is 2.67. The Balaban J connectivity index is 1.43. The Morgan fingerprint density at radius 1 is 0.750 bits per heavy atom. The van der Waals surface area contributed by atoms with Crippen molar-refractivity contribution in [2.75, 3.05) is 81.6 Å². The lowest BCUT2D eigenvalue weighted by atomic mass is 10.2. The summed E-state index contributed by atoms with van der Waals surface area (Å²) in [6.07, 6.45) is 0. The van der Waals surface area contributed by atoms with Crippen molar-refractivity contribution < 1.29 is 0 Å². The van der Waals surface area contributed by atoms with Crippen molar-refractivity contribution in [3.8, 4) is 0 Å². The fourth-order valence-corrected chi connectivity index (χ4v) is 3.78. The lowest BCUT2D eigenvalue weighted by molar-refractivity contribution is 0.312. The zero-order valence-electron chi connectivity index (χ0n) is 17.2. The van der Waals surface area contributed by atoms with Gasteiger partial charge in [-0.1, -0.05) is 0 Å². The summed E-state index contributed by atoms with van der Waals surface area (Å²) in [6.45, 7) is 10.5. The molecule has 2 aliphatic rings. The molecule has 2 aliphatic heterocycles. The lowest BCUT2D eigenvalue weighted by Crippen LogP contribution is -2.44. The Hall–Kier alpha value is -2.38. The van der Waals surface area contributed by atoms with E-state index in [1.165, 1.54) is 5.69 Å². The largest absolute Gasteiger partial charge is 0.369 e. The van der Waals surface area contributed by atoms with Crippen molar-refractivity contribution in [2.24, 2.45) is 0 Å². The minimum atomic E-state index is 0.799. The average Bonchev–Trinajstić information content (AvgIpc) is 2.69. The topological polar surface area (TPSA) is 50.8 Å². The fraction of sp³-hybridized carbons (Fsp3) is 0.524. The molecule has 7 nitrogen and oxygen atoms in total. The first-order valence-corrected chi connectivity index (χ1v) is 10.2. The maximum Gasteiger partial charge on any atom is 0.136 e. The Morgan fingerprint density at radius 2 is 1.32 bits per heavy atom. The first-order valence-electron chi connectivity index (χ1n) is 10.2. The van der Waals surface area contributed by atoms with Crippen molar-refractivity contribution in [3.63, 3.8) is 0 Å². The maximum atomic E-state index is 4.65. The van der Waals surface area contributed by atoms with Gasteiger partial charge in [-0.05, 0) is 45.3 Å². The number of nitrogens with zero attached hydrogens (tertiary/aromatic N) is 6. The van der Waals surface area contributed by atoms with E-state index in [9.17, 15) is 0 Å². The Bertz CT molecular complexity index is 776. The van der Waals surface area contributed by atoms with Gasteiger partial charge in [0.05, 0.1) is 0 Å². The van der Waals surface area contributed by atoms with E-state index in [4.69, 9.17) is 0 Å². The van der Waals surface area contributed by atoms with Crippen LogP contribution in [0.1, 0.15) is 5.82 Å². The van der Waals surface area contributed by atoms with Gasteiger partial charge in [0.2, 0.25) is 0 Å². The predicted octanol–water partition coefficient (Wildman–Crippen LogP) is 2.03. The zero-order chi connectivity index (χ0) is 19.5. The number of likely N-dealkylation sites (N-methyl/N-ethyl adjacent to an activating group) is 2. The van der Waals surface area contributed by atoms with Gasteiger partial charge in [0, 0.05) is 69.8 Å². The zero-order valence-corrected chi connectivity index (χ0v) is 17.2. The number of rotatable bonds is 4. The molecule has 0 amide bonds. The summed E-state index contributed by atoms with van der Waals surface area (Å²) in [5, 5.41) is 3.46. The molecule has 0 aliphatic carbocycles. The normalized spacial score (nSPS) is 19.1. The van der Waals surface area contributed by atoms with Gasteiger partial charge in [-0.3, -0.25) is 0 Å². The van der Waals surface area contributed by atoms with Gasteiger partial charge in [0.15, 0.2) is 0 Å². The molecule has 0 radical (unpaired) electrons. The third-order valence-electron chi connectivity index (χ3n) is 5.66. The molecule has 7 heteroatoms. The highest BCUT2D eigenvalue weighted by atomic mass is 15.3. The minimum absolute atomic E-state index is 0.799. The van der Waals surface area contributed by atoms with Crippen LogP contribution in [0.4, 0.5) is 23.0 Å². The first kappa shape index (κ1) is 19.0. The number of piperazine rings is 2. The number of nitrogens with one attached hydrogen (secondary N) is 1. The Labute approximate surface area is 168 Å². The average molecular weight is 382 g/mol. The van der Waals surface area contributed by atoms with Crippen LogP contribution in [-0.2, 0) is 0 Å². The summed E-state index contributed by atoms with van der Waals surface area (Å²) in [7, 11) is 4.35. The molecule has 3 heterocycles. The molecule has 1 N–H and O–H groups in total. The summed E-state index contributed by atoms with van der Waals surface area (Å²) in [4.78, 5) is 18.8. The minimum Gasteiger partial charge on any atom is -0.369 e. The van der Waals surface area contributed by atoms with Gasteiger partial charge in [-0.2, -0.15) is 0 Å². The molecule has 2 aromatic rings. The molecular weight excluding hydrogens is 350 g/mol. The monoisotopic (exact) mass is 381 g/mol. The molecule has 0 bridgehead atoms. The van der Waals surface area contributed by atoms with Crippen LogP contribution in [-0.4, -0.2) is 86.2 Å². The van der Waals surface area contributed by atoms with Crippen molar-refractivity contribution in [1.29, 1.82) is 0 Å². The van der Waals surface area contributed by atoms with Gasteiger partial charge >= 0.3 is 0 Å². The molecule has 1 aromatic heterocycles. The molecule has 2 saturated heterocycles. The van der Waals surface area contributed by atoms with E-state index < -0.39 is 0 Å². The highest BCUT2D eigenvalue weighted by Crippen LogP contribution is 2.23. The molecule has 0 saturated carbocycles. The smallest absolute Gasteiger partial charge is 0.136 e. The number of aryl methyl sites for hydroxylation is 1. The van der Waals surface area contributed by atoms with Crippen molar-refractivity contribution >= 4 is 23.0 Å².